The van der Waals surface area contributed by atoms with Gasteiger partial charge < -0.3 is 9.64 Å². The first-order valence-corrected chi connectivity index (χ1v) is 9.79. The predicted octanol–water partition coefficient (Wildman–Crippen LogP) is 4.22. The van der Waals surface area contributed by atoms with Crippen molar-refractivity contribution in [2.24, 2.45) is 4.99 Å². The summed E-state index contributed by atoms with van der Waals surface area (Å²) in [6.45, 7) is 8.19. The number of amidine groups is 1. The van der Waals surface area contributed by atoms with Crippen LogP contribution in [0, 0.1) is 19.3 Å². The fraction of sp³-hybridized carbons (Fsp3) is 0.333. The number of aryl methyl sites for hydroxylation is 2. The topological polar surface area (TPSA) is 48.7 Å². The normalized spacial score (nSPS) is 11.7. The first-order chi connectivity index (χ1) is 12.8. The van der Waals surface area contributed by atoms with Crippen LogP contribution >= 0.6 is 11.6 Å². The summed E-state index contributed by atoms with van der Waals surface area (Å²) >= 11 is 9.74. The largest absolute Gasteiger partial charge is 0.414 e. The smallest absolute Gasteiger partial charge is 0.401 e. The summed E-state index contributed by atoms with van der Waals surface area (Å²) in [6, 6.07) is 11.5. The lowest BCUT2D eigenvalue weighted by Gasteiger charge is -2.15. The van der Waals surface area contributed by atoms with Gasteiger partial charge in [-0.2, -0.15) is 0 Å². The Morgan fingerprint density at radius 2 is 1.89 bits per heavy atom. The summed E-state index contributed by atoms with van der Waals surface area (Å²) in [5.41, 5.74) is 4.18. The van der Waals surface area contributed by atoms with Gasteiger partial charge in [-0.1, -0.05) is 48.4 Å². The molecule has 0 bridgehead atoms. The molecule has 0 amide bonds. The molecule has 144 valence electrons. The number of benzene rings is 2. The fourth-order valence-corrected chi connectivity index (χ4v) is 2.96. The molecule has 0 aromatic heterocycles. The first-order valence-electron chi connectivity index (χ1n) is 8.91. The highest BCUT2D eigenvalue weighted by molar-refractivity contribution is 7.77. The molecule has 1 N–H and O–H groups in total. The molecule has 0 saturated heterocycles. The summed E-state index contributed by atoms with van der Waals surface area (Å²) in [7, 11) is 2.10. The number of nitrogens with one attached hydrogen (secondary N) is 1. The molecule has 0 aliphatic heterocycles. The van der Waals surface area contributed by atoms with Crippen molar-refractivity contribution < 1.29 is 4.74 Å². The number of rotatable bonds is 6. The van der Waals surface area contributed by atoms with Gasteiger partial charge in [0.2, 0.25) is 0 Å². The van der Waals surface area contributed by atoms with Gasteiger partial charge >= 0.3 is 5.23 Å². The highest BCUT2D eigenvalue weighted by Crippen LogP contribution is 2.29. The second kappa shape index (κ2) is 9.93. The van der Waals surface area contributed by atoms with Crippen LogP contribution in [0.15, 0.2) is 41.4 Å². The Kier molecular flexibility index (Phi) is 7.90. The Morgan fingerprint density at radius 1 is 1.22 bits per heavy atom. The second-order valence-electron chi connectivity index (χ2n) is 6.59. The van der Waals surface area contributed by atoms with E-state index < -0.39 is 0 Å². The third-order valence-corrected chi connectivity index (χ3v) is 4.95. The standard InChI is InChI=1S/C21H26ClN3OS/c1-5-25(4)11-10-17-13-18(22)19(12-15(17)3)26-21(27)24-20(23)16-8-6-14(2)7-9-16/h6-9,12-13H,5,10-11H2,1-4H3,(H2,23,24,27)/p+1. The number of aliphatic imine (C=N–C) groups is 1. The Bertz CT molecular complexity index is 834. The van der Waals surface area contributed by atoms with Crippen LogP contribution < -0.4 is 4.74 Å². The Balaban J connectivity index is 2.10. The minimum atomic E-state index is 0.118. The van der Waals surface area contributed by atoms with E-state index in [1.807, 2.05) is 50.2 Å². The van der Waals surface area contributed by atoms with Crippen molar-refractivity contribution in [2.45, 2.75) is 27.2 Å². The molecule has 2 aromatic carbocycles. The third kappa shape index (κ3) is 6.38. The molecule has 4 nitrogen and oxygen atoms in total. The monoisotopic (exact) mass is 404 g/mol. The number of nitrogens with zero attached hydrogens (tertiary/aromatic N) is 2. The van der Waals surface area contributed by atoms with E-state index in [2.05, 4.69) is 36.5 Å². The van der Waals surface area contributed by atoms with E-state index in [0.717, 1.165) is 36.2 Å². The van der Waals surface area contributed by atoms with Crippen LogP contribution in [-0.2, 0) is 19.0 Å². The SMILES string of the molecule is CCN(C)CCc1cc(Cl)c(OC([SH2+])=NC(=N)c2ccc(C)cc2)cc1C. The van der Waals surface area contributed by atoms with E-state index in [0.29, 0.717) is 10.8 Å². The zero-order chi connectivity index (χ0) is 20.0. The maximum absolute atomic E-state index is 8.10. The van der Waals surface area contributed by atoms with Gasteiger partial charge in [-0.05, 0) is 57.1 Å². The highest BCUT2D eigenvalue weighted by Gasteiger charge is 2.13. The van der Waals surface area contributed by atoms with E-state index in [-0.39, 0.29) is 11.1 Å². The molecule has 27 heavy (non-hydrogen) atoms. The highest BCUT2D eigenvalue weighted by atomic mass is 35.5. The van der Waals surface area contributed by atoms with E-state index in [4.69, 9.17) is 21.7 Å². The lowest BCUT2D eigenvalue weighted by molar-refractivity contribution is 0.357. The first kappa shape index (κ1) is 21.5. The molecule has 2 rings (SSSR count). The molecular weight excluding hydrogens is 378 g/mol. The Hall–Kier alpha value is -1.82. The molecule has 0 heterocycles. The summed E-state index contributed by atoms with van der Waals surface area (Å²) < 4.78 is 5.72. The van der Waals surface area contributed by atoms with Gasteiger partial charge in [-0.3, -0.25) is 5.41 Å². The zero-order valence-electron chi connectivity index (χ0n) is 16.3. The van der Waals surface area contributed by atoms with Crippen LogP contribution in [0.1, 0.15) is 29.2 Å². The molecule has 0 fully saturated rings. The van der Waals surface area contributed by atoms with Crippen LogP contribution in [0.2, 0.25) is 5.02 Å². The second-order valence-corrected chi connectivity index (χ2v) is 7.42. The summed E-state index contributed by atoms with van der Waals surface area (Å²) in [6.07, 6.45) is 0.934. The lowest BCUT2D eigenvalue weighted by Crippen LogP contribution is -2.20. The van der Waals surface area contributed by atoms with Crippen LogP contribution in [0.4, 0.5) is 0 Å². The van der Waals surface area contributed by atoms with E-state index in [1.165, 1.54) is 5.56 Å². The molecule has 0 saturated carbocycles. The molecule has 0 spiro atoms. The predicted molar refractivity (Wildman–Crippen MR) is 119 cm³/mol. The molecular formula is C21H27ClN3OS+. The van der Waals surface area contributed by atoms with Crippen molar-refractivity contribution in [2.75, 3.05) is 20.1 Å². The maximum Gasteiger partial charge on any atom is 0.414 e. The summed E-state index contributed by atoms with van der Waals surface area (Å²) in [4.78, 5) is 6.42. The van der Waals surface area contributed by atoms with Crippen molar-refractivity contribution in [3.63, 3.8) is 0 Å². The van der Waals surface area contributed by atoms with Crippen molar-refractivity contribution in [1.82, 2.24) is 4.90 Å². The van der Waals surface area contributed by atoms with Crippen molar-refractivity contribution in [1.29, 1.82) is 5.41 Å². The van der Waals surface area contributed by atoms with Crippen LogP contribution in [-0.4, -0.2) is 36.1 Å². The molecule has 0 radical (unpaired) electrons. The lowest BCUT2D eigenvalue weighted by atomic mass is 10.1. The average molecular weight is 405 g/mol. The molecule has 0 atom stereocenters. The molecule has 2 aromatic rings. The quantitative estimate of drug-likeness (QED) is 0.445. The molecule has 0 aliphatic carbocycles. The zero-order valence-corrected chi connectivity index (χ0v) is 18.0. The van der Waals surface area contributed by atoms with Crippen molar-refractivity contribution in [3.05, 3.63) is 63.7 Å². The van der Waals surface area contributed by atoms with Gasteiger partial charge in [0.05, 0.1) is 17.7 Å². The number of hydrogen-bond donors (Lipinski definition) is 1. The van der Waals surface area contributed by atoms with Crippen molar-refractivity contribution in [3.8, 4) is 5.75 Å². The van der Waals surface area contributed by atoms with Crippen LogP contribution in [0.25, 0.3) is 0 Å². The van der Waals surface area contributed by atoms with Gasteiger partial charge in [0.1, 0.15) is 0 Å². The van der Waals surface area contributed by atoms with Gasteiger partial charge in [-0.25, -0.2) is 0 Å². The van der Waals surface area contributed by atoms with Crippen molar-refractivity contribution >= 4 is 35.3 Å². The molecule has 0 aliphatic rings. The molecule has 0 unspecified atom stereocenters. The third-order valence-electron chi connectivity index (χ3n) is 4.44. The maximum atomic E-state index is 8.10. The number of hydrogen-bond acceptors (Lipinski definition) is 3. The minimum Gasteiger partial charge on any atom is -0.401 e. The summed E-state index contributed by atoms with van der Waals surface area (Å²) in [5.74, 6) is 0.638. The fourth-order valence-electron chi connectivity index (χ4n) is 2.52. The minimum absolute atomic E-state index is 0.118. The molecule has 6 heteroatoms. The summed E-state index contributed by atoms with van der Waals surface area (Å²) in [5, 5.41) is 8.83. The van der Waals surface area contributed by atoms with Gasteiger partial charge in [0.25, 0.3) is 0 Å². The van der Waals surface area contributed by atoms with Crippen LogP contribution in [0.3, 0.4) is 0 Å². The van der Waals surface area contributed by atoms with Crippen LogP contribution in [0.5, 0.6) is 5.75 Å². The Morgan fingerprint density at radius 3 is 2.52 bits per heavy atom. The van der Waals surface area contributed by atoms with Gasteiger partial charge in [0, 0.05) is 12.1 Å². The number of ether oxygens (including phenoxy) is 1. The Labute approximate surface area is 172 Å². The average Bonchev–Trinajstić information content (AvgIpc) is 2.63. The van der Waals surface area contributed by atoms with E-state index in [1.54, 1.807) is 0 Å². The van der Waals surface area contributed by atoms with E-state index >= 15 is 0 Å². The number of likely N-dealkylation sites (N-methyl/N-ethyl adjacent to an activating group) is 1. The van der Waals surface area contributed by atoms with Gasteiger partial charge in [0.15, 0.2) is 11.6 Å². The van der Waals surface area contributed by atoms with Gasteiger partial charge in [-0.15, -0.1) is 4.99 Å². The van der Waals surface area contributed by atoms with E-state index in [9.17, 15) is 0 Å². The number of halogens is 1.